The molecule has 114 valence electrons. The molecule has 0 heterocycles. The Morgan fingerprint density at radius 2 is 1.65 bits per heavy atom. The van der Waals surface area contributed by atoms with Crippen molar-refractivity contribution < 1.29 is 4.79 Å². The number of hydrogen-bond acceptors (Lipinski definition) is 1. The quantitative estimate of drug-likeness (QED) is 0.319. The second-order valence-corrected chi connectivity index (χ2v) is 11.4. The SMILES string of the molecule is C=C(C/C=C/C1CCCCC1)C(=O)[Si](CC)(CC)CC. The molecule has 1 rings (SSSR count). The molecule has 0 atom stereocenters. The molecule has 1 saturated carbocycles. The lowest BCUT2D eigenvalue weighted by Gasteiger charge is -2.26. The number of rotatable bonds is 8. The second-order valence-electron chi connectivity index (χ2n) is 6.30. The number of carbonyl (C=O) groups is 1. The molecule has 1 nitrogen and oxygen atoms in total. The number of carbonyl (C=O) groups excluding carboxylic acids is 1. The molecule has 1 aliphatic carbocycles. The van der Waals surface area contributed by atoms with E-state index in [0.717, 1.165) is 36.0 Å². The number of allylic oxidation sites excluding steroid dienone is 3. The first-order valence-electron chi connectivity index (χ1n) is 8.48. The van der Waals surface area contributed by atoms with E-state index in [0.29, 0.717) is 5.41 Å². The van der Waals surface area contributed by atoms with Crippen LogP contribution in [0.25, 0.3) is 0 Å². The third-order valence-electron chi connectivity index (χ3n) is 5.26. The molecule has 0 aromatic heterocycles. The molecular formula is C18H32OSi. The normalized spacial score (nSPS) is 17.6. The van der Waals surface area contributed by atoms with Crippen molar-refractivity contribution in [3.8, 4) is 0 Å². The van der Waals surface area contributed by atoms with Crippen LogP contribution in [0.5, 0.6) is 0 Å². The third kappa shape index (κ3) is 4.44. The van der Waals surface area contributed by atoms with Gasteiger partial charge in [0.25, 0.3) is 0 Å². The highest BCUT2D eigenvalue weighted by Crippen LogP contribution is 2.27. The first-order valence-corrected chi connectivity index (χ1v) is 11.1. The van der Waals surface area contributed by atoms with Gasteiger partial charge in [-0.2, -0.15) is 0 Å². The first kappa shape index (κ1) is 17.4. The predicted molar refractivity (Wildman–Crippen MR) is 91.7 cm³/mol. The smallest absolute Gasteiger partial charge is 0.138 e. The van der Waals surface area contributed by atoms with Crippen molar-refractivity contribution in [2.45, 2.75) is 77.4 Å². The molecule has 0 N–H and O–H groups in total. The summed E-state index contributed by atoms with van der Waals surface area (Å²) in [6.07, 6.45) is 12.1. The van der Waals surface area contributed by atoms with Crippen LogP contribution in [-0.2, 0) is 4.79 Å². The highest BCUT2D eigenvalue weighted by molar-refractivity contribution is 7.07. The van der Waals surface area contributed by atoms with Crippen molar-refractivity contribution in [1.82, 2.24) is 0 Å². The molecule has 1 aliphatic rings. The molecule has 0 spiro atoms. The predicted octanol–water partition coefficient (Wildman–Crippen LogP) is 5.69. The van der Waals surface area contributed by atoms with Crippen LogP contribution in [0.15, 0.2) is 24.3 Å². The molecule has 1 fully saturated rings. The summed E-state index contributed by atoms with van der Waals surface area (Å²) >= 11 is 0. The standard InChI is InChI=1S/C18H32OSi/c1-5-20(6-2,7-3)18(19)16(4)12-11-15-17-13-9-8-10-14-17/h11,15,17H,4-10,12-14H2,1-3H3/b15-11+. The lowest BCUT2D eigenvalue weighted by molar-refractivity contribution is -0.109. The van der Waals surface area contributed by atoms with Gasteiger partial charge >= 0.3 is 0 Å². The van der Waals surface area contributed by atoms with Crippen molar-refractivity contribution in [3.05, 3.63) is 24.3 Å². The van der Waals surface area contributed by atoms with Crippen molar-refractivity contribution in [3.63, 3.8) is 0 Å². The van der Waals surface area contributed by atoms with Crippen LogP contribution in [0.4, 0.5) is 0 Å². The fourth-order valence-electron chi connectivity index (χ4n) is 3.43. The lowest BCUT2D eigenvalue weighted by Crippen LogP contribution is -2.42. The lowest BCUT2D eigenvalue weighted by atomic mass is 9.89. The van der Waals surface area contributed by atoms with Gasteiger partial charge in [0.1, 0.15) is 13.5 Å². The monoisotopic (exact) mass is 292 g/mol. The van der Waals surface area contributed by atoms with E-state index in [1.807, 2.05) is 0 Å². The van der Waals surface area contributed by atoms with Crippen LogP contribution in [-0.4, -0.2) is 13.5 Å². The number of hydrogen-bond donors (Lipinski definition) is 0. The van der Waals surface area contributed by atoms with Crippen LogP contribution in [0.1, 0.15) is 59.3 Å². The van der Waals surface area contributed by atoms with Crippen LogP contribution in [0, 0.1) is 5.92 Å². The zero-order chi connectivity index (χ0) is 15.0. The molecule has 0 saturated heterocycles. The summed E-state index contributed by atoms with van der Waals surface area (Å²) in [4.78, 5) is 12.7. The first-order chi connectivity index (χ1) is 9.59. The highest BCUT2D eigenvalue weighted by Gasteiger charge is 2.36. The zero-order valence-corrected chi connectivity index (χ0v) is 14.7. The van der Waals surface area contributed by atoms with Crippen LogP contribution >= 0.6 is 0 Å². The van der Waals surface area contributed by atoms with E-state index in [4.69, 9.17) is 0 Å². The Hall–Kier alpha value is -0.633. The van der Waals surface area contributed by atoms with Gasteiger partial charge in [0.05, 0.1) is 0 Å². The molecule has 2 heteroatoms. The zero-order valence-electron chi connectivity index (χ0n) is 13.7. The van der Waals surface area contributed by atoms with E-state index in [-0.39, 0.29) is 0 Å². The largest absolute Gasteiger partial charge is 0.300 e. The van der Waals surface area contributed by atoms with Crippen molar-refractivity contribution in [1.29, 1.82) is 0 Å². The van der Waals surface area contributed by atoms with E-state index in [1.165, 1.54) is 32.1 Å². The average molecular weight is 293 g/mol. The summed E-state index contributed by atoms with van der Waals surface area (Å²) in [7, 11) is -1.75. The minimum absolute atomic E-state index is 0.429. The fourth-order valence-corrected chi connectivity index (χ4v) is 6.74. The van der Waals surface area contributed by atoms with Gasteiger partial charge in [0.2, 0.25) is 0 Å². The third-order valence-corrected chi connectivity index (χ3v) is 10.6. The van der Waals surface area contributed by atoms with Gasteiger partial charge in [-0.1, -0.05) is 76.9 Å². The van der Waals surface area contributed by atoms with Gasteiger partial charge in [-0.25, -0.2) is 0 Å². The summed E-state index contributed by atoms with van der Waals surface area (Å²) in [5.74, 6) is 0.747. The molecule has 0 aromatic carbocycles. The molecule has 0 aromatic rings. The minimum atomic E-state index is -1.75. The fraction of sp³-hybridized carbons (Fsp3) is 0.722. The summed E-state index contributed by atoms with van der Waals surface area (Å²) in [6.45, 7) is 10.6. The van der Waals surface area contributed by atoms with E-state index >= 15 is 0 Å². The second kappa shape index (κ2) is 8.61. The Morgan fingerprint density at radius 3 is 2.15 bits per heavy atom. The Labute approximate surface area is 126 Å². The van der Waals surface area contributed by atoms with E-state index < -0.39 is 8.07 Å². The molecular weight excluding hydrogens is 260 g/mol. The molecule has 0 bridgehead atoms. The Bertz CT molecular complexity index is 338. The Balaban J connectivity index is 2.52. The summed E-state index contributed by atoms with van der Waals surface area (Å²) in [5.41, 5.74) is 0.856. The van der Waals surface area contributed by atoms with Crippen LogP contribution in [0.2, 0.25) is 18.1 Å². The van der Waals surface area contributed by atoms with Gasteiger partial charge < -0.3 is 4.79 Å². The molecule has 0 unspecified atom stereocenters. The molecule has 0 amide bonds. The van der Waals surface area contributed by atoms with E-state index in [9.17, 15) is 4.79 Å². The van der Waals surface area contributed by atoms with Gasteiger partial charge in [0, 0.05) is 0 Å². The van der Waals surface area contributed by atoms with E-state index in [2.05, 4.69) is 39.5 Å². The van der Waals surface area contributed by atoms with Crippen LogP contribution < -0.4 is 0 Å². The van der Waals surface area contributed by atoms with Gasteiger partial charge in [-0.15, -0.1) is 0 Å². The average Bonchev–Trinajstić information content (AvgIpc) is 2.50. The molecule has 0 aliphatic heterocycles. The van der Waals surface area contributed by atoms with Crippen molar-refractivity contribution in [2.75, 3.05) is 0 Å². The maximum atomic E-state index is 12.7. The summed E-state index contributed by atoms with van der Waals surface area (Å²) in [6, 6.07) is 3.18. The summed E-state index contributed by atoms with van der Waals surface area (Å²) in [5, 5.41) is 0.429. The maximum absolute atomic E-state index is 12.7. The van der Waals surface area contributed by atoms with Gasteiger partial charge in [0.15, 0.2) is 0 Å². The summed E-state index contributed by atoms with van der Waals surface area (Å²) < 4.78 is 0. The van der Waals surface area contributed by atoms with Gasteiger partial charge in [-0.05, 0) is 30.8 Å². The Kier molecular flexibility index (Phi) is 7.50. The van der Waals surface area contributed by atoms with Crippen LogP contribution in [0.3, 0.4) is 0 Å². The topological polar surface area (TPSA) is 17.1 Å². The molecule has 20 heavy (non-hydrogen) atoms. The molecule has 0 radical (unpaired) electrons. The van der Waals surface area contributed by atoms with Crippen molar-refractivity contribution in [2.24, 2.45) is 5.92 Å². The van der Waals surface area contributed by atoms with E-state index in [1.54, 1.807) is 0 Å². The highest BCUT2D eigenvalue weighted by atomic mass is 28.3. The maximum Gasteiger partial charge on any atom is 0.138 e. The Morgan fingerprint density at radius 1 is 1.10 bits per heavy atom. The van der Waals surface area contributed by atoms with Gasteiger partial charge in [-0.3, -0.25) is 0 Å². The minimum Gasteiger partial charge on any atom is -0.300 e. The van der Waals surface area contributed by atoms with Crippen molar-refractivity contribution >= 4 is 13.5 Å².